The molecular formula is C25H39N7O6. The smallest absolute Gasteiger partial charge is 0.323 e. The second kappa shape index (κ2) is 15.0. The Morgan fingerprint density at radius 2 is 1.58 bits per heavy atom. The first kappa shape index (κ1) is 30.7. The fourth-order valence-electron chi connectivity index (χ4n) is 4.16. The summed E-state index contributed by atoms with van der Waals surface area (Å²) in [5, 5.41) is 17.1. The van der Waals surface area contributed by atoms with Crippen molar-refractivity contribution >= 4 is 29.6 Å². The average molecular weight is 534 g/mol. The van der Waals surface area contributed by atoms with Crippen molar-refractivity contribution in [2.24, 2.45) is 17.2 Å². The van der Waals surface area contributed by atoms with Gasteiger partial charge in [0, 0.05) is 19.5 Å². The summed E-state index contributed by atoms with van der Waals surface area (Å²) in [5.74, 6) is -3.11. The van der Waals surface area contributed by atoms with Crippen LogP contribution in [0.3, 0.4) is 0 Å². The van der Waals surface area contributed by atoms with Gasteiger partial charge in [-0.05, 0) is 44.2 Å². The van der Waals surface area contributed by atoms with Gasteiger partial charge in [0.05, 0.1) is 13.1 Å². The standard InChI is InChI=1S/C25H39N7O6/c26-11-5-4-8-18(23(36)32-12-9-25(28,10-13-32)24(37)38)30-21(34)16-29-22(35)19(31-20(33)15-27)14-17-6-2-1-3-7-17/h1-3,6-7,18-19H,4-5,8-16,26-28H2,(H,29,35)(H,30,34)(H,31,33)(H,37,38)/t18-,19-/m1/s1. The zero-order valence-electron chi connectivity index (χ0n) is 21.5. The largest absolute Gasteiger partial charge is 0.480 e. The van der Waals surface area contributed by atoms with E-state index in [0.29, 0.717) is 25.8 Å². The Morgan fingerprint density at radius 3 is 2.16 bits per heavy atom. The zero-order valence-corrected chi connectivity index (χ0v) is 21.5. The van der Waals surface area contributed by atoms with Gasteiger partial charge in [0.15, 0.2) is 0 Å². The lowest BCUT2D eigenvalue weighted by atomic mass is 9.88. The number of rotatable bonds is 14. The molecule has 0 bridgehead atoms. The first-order chi connectivity index (χ1) is 18.1. The van der Waals surface area contributed by atoms with E-state index in [1.165, 1.54) is 4.90 Å². The van der Waals surface area contributed by atoms with E-state index < -0.39 is 47.9 Å². The van der Waals surface area contributed by atoms with E-state index in [4.69, 9.17) is 17.2 Å². The van der Waals surface area contributed by atoms with Crippen molar-refractivity contribution in [3.8, 4) is 0 Å². The van der Waals surface area contributed by atoms with E-state index >= 15 is 0 Å². The van der Waals surface area contributed by atoms with E-state index in [9.17, 15) is 29.1 Å². The Labute approximate surface area is 221 Å². The van der Waals surface area contributed by atoms with Crippen molar-refractivity contribution in [1.82, 2.24) is 20.9 Å². The van der Waals surface area contributed by atoms with Crippen LogP contribution in [0.1, 0.15) is 37.7 Å². The van der Waals surface area contributed by atoms with Gasteiger partial charge in [0.1, 0.15) is 17.6 Å². The zero-order chi connectivity index (χ0) is 28.1. The van der Waals surface area contributed by atoms with Crippen LogP contribution in [0.25, 0.3) is 0 Å². The summed E-state index contributed by atoms with van der Waals surface area (Å²) in [4.78, 5) is 63.4. The third kappa shape index (κ3) is 9.39. The first-order valence-corrected chi connectivity index (χ1v) is 12.7. The number of hydrogen-bond donors (Lipinski definition) is 7. The van der Waals surface area contributed by atoms with Gasteiger partial charge in [-0.1, -0.05) is 30.3 Å². The Balaban J connectivity index is 1.98. The number of unbranched alkanes of at least 4 members (excludes halogenated alkanes) is 1. The summed E-state index contributed by atoms with van der Waals surface area (Å²) in [6.07, 6.45) is 1.99. The van der Waals surface area contributed by atoms with Gasteiger partial charge < -0.3 is 43.2 Å². The topological polar surface area (TPSA) is 223 Å². The molecule has 1 fully saturated rings. The highest BCUT2D eigenvalue weighted by Crippen LogP contribution is 2.21. The first-order valence-electron chi connectivity index (χ1n) is 12.7. The van der Waals surface area contributed by atoms with Crippen LogP contribution in [-0.4, -0.2) is 90.0 Å². The van der Waals surface area contributed by atoms with Crippen LogP contribution in [0.5, 0.6) is 0 Å². The van der Waals surface area contributed by atoms with Crippen LogP contribution < -0.4 is 33.2 Å². The van der Waals surface area contributed by atoms with Gasteiger partial charge >= 0.3 is 5.97 Å². The maximum absolute atomic E-state index is 13.2. The van der Waals surface area contributed by atoms with Crippen molar-refractivity contribution in [3.63, 3.8) is 0 Å². The Bertz CT molecular complexity index is 966. The molecule has 0 unspecified atom stereocenters. The van der Waals surface area contributed by atoms with Crippen molar-refractivity contribution in [2.45, 2.75) is 56.1 Å². The van der Waals surface area contributed by atoms with Crippen molar-refractivity contribution < 1.29 is 29.1 Å². The maximum atomic E-state index is 13.2. The van der Waals surface area contributed by atoms with E-state index in [1.54, 1.807) is 0 Å². The molecule has 1 aromatic rings. The normalized spacial score (nSPS) is 16.1. The molecule has 0 saturated carbocycles. The number of hydrogen-bond acceptors (Lipinski definition) is 8. The van der Waals surface area contributed by atoms with Crippen LogP contribution in [0.15, 0.2) is 30.3 Å². The predicted octanol–water partition coefficient (Wildman–Crippen LogP) is -2.19. The van der Waals surface area contributed by atoms with Crippen molar-refractivity contribution in [3.05, 3.63) is 35.9 Å². The fraction of sp³-hybridized carbons (Fsp3) is 0.560. The molecule has 2 atom stereocenters. The minimum absolute atomic E-state index is 0.102. The lowest BCUT2D eigenvalue weighted by Gasteiger charge is -2.37. The molecule has 0 spiro atoms. The maximum Gasteiger partial charge on any atom is 0.323 e. The van der Waals surface area contributed by atoms with Crippen LogP contribution in [-0.2, 0) is 30.4 Å². The van der Waals surface area contributed by atoms with Gasteiger partial charge in [-0.3, -0.25) is 24.0 Å². The van der Waals surface area contributed by atoms with Crippen LogP contribution in [0.2, 0.25) is 0 Å². The highest BCUT2D eigenvalue weighted by molar-refractivity contribution is 5.93. The van der Waals surface area contributed by atoms with Crippen LogP contribution >= 0.6 is 0 Å². The van der Waals surface area contributed by atoms with E-state index in [2.05, 4.69) is 16.0 Å². The van der Waals surface area contributed by atoms with Crippen LogP contribution in [0, 0.1) is 0 Å². The molecule has 13 nitrogen and oxygen atoms in total. The Morgan fingerprint density at radius 1 is 0.947 bits per heavy atom. The molecule has 4 amide bonds. The van der Waals surface area contributed by atoms with Gasteiger partial charge in [0.25, 0.3) is 0 Å². The number of carboxylic acid groups (broad SMARTS) is 1. The molecule has 0 radical (unpaired) electrons. The van der Waals surface area contributed by atoms with Gasteiger partial charge in [0.2, 0.25) is 23.6 Å². The molecule has 1 aliphatic rings. The highest BCUT2D eigenvalue weighted by Gasteiger charge is 2.40. The summed E-state index contributed by atoms with van der Waals surface area (Å²) in [6, 6.07) is 7.26. The lowest BCUT2D eigenvalue weighted by molar-refractivity contribution is -0.148. The SMILES string of the molecule is NCCCC[C@@H](NC(=O)CNC(=O)[C@@H](Cc1ccccc1)NC(=O)CN)C(=O)N1CCC(N)(C(=O)O)CC1. The average Bonchev–Trinajstić information content (AvgIpc) is 2.91. The Kier molecular flexibility index (Phi) is 12.1. The third-order valence-corrected chi connectivity index (χ3v) is 6.52. The Hall–Kier alpha value is -3.55. The number of carboxylic acids is 1. The lowest BCUT2D eigenvalue weighted by Crippen LogP contribution is -2.59. The quantitative estimate of drug-likeness (QED) is 0.129. The number of piperidine rings is 1. The van der Waals surface area contributed by atoms with Crippen molar-refractivity contribution in [1.29, 1.82) is 0 Å². The molecule has 0 aromatic heterocycles. The molecular weight excluding hydrogens is 494 g/mol. The number of carbonyl (C=O) groups excluding carboxylic acids is 4. The molecule has 0 aliphatic carbocycles. The highest BCUT2D eigenvalue weighted by atomic mass is 16.4. The summed E-state index contributed by atoms with van der Waals surface area (Å²) in [7, 11) is 0. The summed E-state index contributed by atoms with van der Waals surface area (Å²) < 4.78 is 0. The molecule has 1 aliphatic heterocycles. The molecule has 2 rings (SSSR count). The molecule has 38 heavy (non-hydrogen) atoms. The van der Waals surface area contributed by atoms with Gasteiger partial charge in [-0.25, -0.2) is 0 Å². The monoisotopic (exact) mass is 533 g/mol. The number of nitrogens with two attached hydrogens (primary N) is 3. The number of likely N-dealkylation sites (tertiary alicyclic amines) is 1. The van der Waals surface area contributed by atoms with E-state index in [-0.39, 0.29) is 44.8 Å². The number of aliphatic carboxylic acids is 1. The third-order valence-electron chi connectivity index (χ3n) is 6.52. The predicted molar refractivity (Wildman–Crippen MR) is 139 cm³/mol. The number of nitrogens with one attached hydrogen (secondary N) is 3. The number of carbonyl (C=O) groups is 5. The minimum atomic E-state index is -1.38. The second-order valence-corrected chi connectivity index (χ2v) is 9.42. The van der Waals surface area contributed by atoms with E-state index in [1.807, 2.05) is 30.3 Å². The van der Waals surface area contributed by atoms with Gasteiger partial charge in [-0.2, -0.15) is 0 Å². The van der Waals surface area contributed by atoms with Crippen LogP contribution in [0.4, 0.5) is 0 Å². The molecule has 1 saturated heterocycles. The number of amides is 4. The van der Waals surface area contributed by atoms with Crippen molar-refractivity contribution in [2.75, 3.05) is 32.7 Å². The fourth-order valence-corrected chi connectivity index (χ4v) is 4.16. The summed E-state index contributed by atoms with van der Waals surface area (Å²) >= 11 is 0. The minimum Gasteiger partial charge on any atom is -0.480 e. The molecule has 210 valence electrons. The molecule has 10 N–H and O–H groups in total. The summed E-state index contributed by atoms with van der Waals surface area (Å²) in [6.45, 7) is 0.0433. The number of nitrogens with zero attached hydrogens (tertiary/aromatic N) is 1. The van der Waals surface area contributed by atoms with Gasteiger partial charge in [-0.15, -0.1) is 0 Å². The number of benzene rings is 1. The molecule has 1 heterocycles. The van der Waals surface area contributed by atoms with E-state index in [0.717, 1.165) is 5.56 Å². The molecule has 1 aromatic carbocycles. The molecule has 13 heteroatoms. The second-order valence-electron chi connectivity index (χ2n) is 9.42. The summed E-state index contributed by atoms with van der Waals surface area (Å²) in [5.41, 5.74) is 16.3.